The maximum absolute atomic E-state index is 8.45. The van der Waals surface area contributed by atoms with Crippen LogP contribution in [0, 0.1) is 4.91 Å². The minimum Gasteiger partial charge on any atom is -1.00 e. The van der Waals surface area contributed by atoms with Crippen molar-refractivity contribution < 1.29 is 41.2 Å². The van der Waals surface area contributed by atoms with E-state index in [1.54, 1.807) is 5.34 Å². The zero-order valence-corrected chi connectivity index (χ0v) is 4.71. The van der Waals surface area contributed by atoms with E-state index < -0.39 is 0 Å². The predicted molar refractivity (Wildman–Crippen MR) is 10.6 cm³/mol. The van der Waals surface area contributed by atoms with Gasteiger partial charge in [-0.1, -0.05) is 0 Å². The first kappa shape index (κ1) is 9.03. The van der Waals surface area contributed by atoms with Crippen molar-refractivity contribution in [3.05, 3.63) is 4.91 Å². The Balaban J connectivity index is -0.0000000450. The average molecular weight is 87.0 g/mol. The standard InChI is InChI=1S/HNO3.Na.H/c2-1-4-3;;/h3H;;/q;+1;-1. The zero-order chi connectivity index (χ0) is 3.41. The van der Waals surface area contributed by atoms with Gasteiger partial charge in [0.2, 0.25) is 0 Å². The van der Waals surface area contributed by atoms with E-state index >= 15 is 0 Å². The quantitative estimate of drug-likeness (QED) is 0.163. The fraction of sp³-hybridized carbons (Fsp3) is 0. The molecule has 0 aromatic rings. The van der Waals surface area contributed by atoms with E-state index in [0.717, 1.165) is 0 Å². The fourth-order valence-electron chi connectivity index (χ4n) is 0. The van der Waals surface area contributed by atoms with Crippen LogP contribution in [0.2, 0.25) is 0 Å². The summed E-state index contributed by atoms with van der Waals surface area (Å²) in [6, 6.07) is 0. The summed E-state index contributed by atoms with van der Waals surface area (Å²) in [6.45, 7) is 0. The molecule has 4 nitrogen and oxygen atoms in total. The van der Waals surface area contributed by atoms with Gasteiger partial charge in [0.1, 0.15) is 0 Å². The summed E-state index contributed by atoms with van der Waals surface area (Å²) in [5, 5.41) is 8.44. The molecule has 0 fully saturated rings. The van der Waals surface area contributed by atoms with Gasteiger partial charge in [-0.15, -0.1) is 4.91 Å². The van der Waals surface area contributed by atoms with E-state index in [2.05, 4.69) is 4.99 Å². The summed E-state index contributed by atoms with van der Waals surface area (Å²) in [5.41, 5.74) is 0. The largest absolute Gasteiger partial charge is 1.00 e. The normalized spacial score (nSPS) is 4.20. The van der Waals surface area contributed by atoms with Crippen LogP contribution in [0.1, 0.15) is 1.43 Å². The summed E-state index contributed by atoms with van der Waals surface area (Å²) in [7, 11) is 0. The summed E-state index contributed by atoms with van der Waals surface area (Å²) in [5.74, 6) is 0. The Morgan fingerprint density at radius 3 is 2.20 bits per heavy atom. The summed E-state index contributed by atoms with van der Waals surface area (Å²) in [4.78, 5) is 11.1. The monoisotopic (exact) mass is 87.0 g/mol. The molecule has 5 heavy (non-hydrogen) atoms. The van der Waals surface area contributed by atoms with Gasteiger partial charge in [-0.05, 0) is 0 Å². The van der Waals surface area contributed by atoms with Crippen LogP contribution in [0.25, 0.3) is 0 Å². The number of hydrogen-bond donors (Lipinski definition) is 1. The van der Waals surface area contributed by atoms with Gasteiger partial charge in [0, 0.05) is 0 Å². The Hall–Kier alpha value is 0.360. The molecule has 1 N–H and O–H groups in total. The molecule has 26 valence electrons. The number of hydrogen-bond acceptors (Lipinski definition) is 4. The molecule has 0 unspecified atom stereocenters. The van der Waals surface area contributed by atoms with Crippen molar-refractivity contribution in [1.82, 2.24) is 0 Å². The van der Waals surface area contributed by atoms with Gasteiger partial charge in [0.15, 0.2) is 5.34 Å². The van der Waals surface area contributed by atoms with Crippen molar-refractivity contribution in [3.63, 3.8) is 0 Å². The molecular weight excluding hydrogens is 85.0 g/mol. The number of nitrogens with zero attached hydrogens (tertiary/aromatic N) is 1. The van der Waals surface area contributed by atoms with Crippen molar-refractivity contribution in [2.45, 2.75) is 0 Å². The van der Waals surface area contributed by atoms with Crippen molar-refractivity contribution in [1.29, 1.82) is 0 Å². The Kier molecular flexibility index (Phi) is 16.0. The predicted octanol–water partition coefficient (Wildman–Crippen LogP) is -2.73. The van der Waals surface area contributed by atoms with Gasteiger partial charge >= 0.3 is 29.6 Å². The van der Waals surface area contributed by atoms with Gasteiger partial charge in [0.25, 0.3) is 0 Å². The second kappa shape index (κ2) is 8.84. The second-order valence-corrected chi connectivity index (χ2v) is 0.156. The first-order valence-electron chi connectivity index (χ1n) is 0.548. The molecule has 0 rings (SSSR count). The van der Waals surface area contributed by atoms with Gasteiger partial charge in [-0.2, -0.15) is 10.2 Å². The van der Waals surface area contributed by atoms with Crippen molar-refractivity contribution >= 4 is 0 Å². The van der Waals surface area contributed by atoms with Crippen LogP contribution >= 0.6 is 0 Å². The van der Waals surface area contributed by atoms with Crippen LogP contribution in [-0.2, 0) is 4.99 Å². The van der Waals surface area contributed by atoms with Gasteiger partial charge in [-0.3, -0.25) is 0 Å². The molecule has 0 saturated heterocycles. The van der Waals surface area contributed by atoms with E-state index in [1.165, 1.54) is 0 Å². The van der Waals surface area contributed by atoms with E-state index in [-0.39, 0.29) is 31.0 Å². The molecule has 0 radical (unpaired) electrons. The Morgan fingerprint density at radius 2 is 2.20 bits per heavy atom. The Bertz CT molecular complexity index is 24.8. The van der Waals surface area contributed by atoms with Crippen LogP contribution in [0.4, 0.5) is 0 Å². The summed E-state index contributed by atoms with van der Waals surface area (Å²) < 4.78 is 0. The summed E-state index contributed by atoms with van der Waals surface area (Å²) >= 11 is 0. The number of rotatable bonds is 1. The molecule has 0 saturated carbocycles. The third kappa shape index (κ3) is 13.1. The molecule has 0 aromatic carbocycles. The molecule has 5 heteroatoms. The maximum Gasteiger partial charge on any atom is 1.00 e. The molecule has 0 aliphatic heterocycles. The first-order valence-corrected chi connectivity index (χ1v) is 0.548. The molecule has 0 amide bonds. The zero-order valence-electron chi connectivity index (χ0n) is 3.71. The molecule has 0 aliphatic rings. The maximum atomic E-state index is 8.45. The molecular formula is H2NNaO3. The smallest absolute Gasteiger partial charge is 1.00 e. The molecule has 0 bridgehead atoms. The van der Waals surface area contributed by atoms with Crippen molar-refractivity contribution in [2.24, 2.45) is 5.34 Å². The molecule has 0 spiro atoms. The van der Waals surface area contributed by atoms with Crippen LogP contribution in [0.3, 0.4) is 0 Å². The van der Waals surface area contributed by atoms with Crippen LogP contribution in [0.15, 0.2) is 5.34 Å². The molecule has 0 aromatic heterocycles. The second-order valence-electron chi connectivity index (χ2n) is 0.156. The van der Waals surface area contributed by atoms with Gasteiger partial charge in [0.05, 0.1) is 0 Å². The van der Waals surface area contributed by atoms with Gasteiger partial charge < -0.3 is 1.43 Å². The van der Waals surface area contributed by atoms with Gasteiger partial charge in [-0.25, -0.2) is 0 Å². The van der Waals surface area contributed by atoms with Crippen LogP contribution in [-0.4, -0.2) is 5.26 Å². The SMILES string of the molecule is O=NOO.[H-].[Na+]. The first-order chi connectivity index (χ1) is 1.91. The average Bonchev–Trinajstić information content (AvgIpc) is 1.37. The molecule has 0 heterocycles. The van der Waals surface area contributed by atoms with E-state index in [0.29, 0.717) is 0 Å². The van der Waals surface area contributed by atoms with Crippen LogP contribution < -0.4 is 29.6 Å². The minimum absolute atomic E-state index is 0. The third-order valence-corrected chi connectivity index (χ3v) is 0.0333. The molecule has 0 atom stereocenters. The minimum atomic E-state index is 0. The Morgan fingerprint density at radius 1 is 2.00 bits per heavy atom. The van der Waals surface area contributed by atoms with E-state index in [9.17, 15) is 0 Å². The third-order valence-electron chi connectivity index (χ3n) is 0.0333. The fourth-order valence-corrected chi connectivity index (χ4v) is 0. The van der Waals surface area contributed by atoms with Crippen LogP contribution in [0.5, 0.6) is 0 Å². The van der Waals surface area contributed by atoms with E-state index in [4.69, 9.17) is 10.2 Å². The topological polar surface area (TPSA) is 58.9 Å². The van der Waals surface area contributed by atoms with Crippen molar-refractivity contribution in [3.8, 4) is 0 Å². The van der Waals surface area contributed by atoms with Crippen molar-refractivity contribution in [2.75, 3.05) is 0 Å². The molecule has 0 aliphatic carbocycles. The Labute approximate surface area is 51.8 Å². The summed E-state index contributed by atoms with van der Waals surface area (Å²) in [6.07, 6.45) is 0. The van der Waals surface area contributed by atoms with E-state index in [1.807, 2.05) is 0 Å².